The topological polar surface area (TPSA) is 121 Å². The molecule has 1 aliphatic rings. The van der Waals surface area contributed by atoms with E-state index in [1.165, 1.54) is 19.1 Å². The summed E-state index contributed by atoms with van der Waals surface area (Å²) in [6.07, 6.45) is -6.16. The zero-order valence-electron chi connectivity index (χ0n) is 18.9. The molecule has 1 saturated heterocycles. The molecule has 2 aromatic rings. The van der Waals surface area contributed by atoms with Crippen molar-refractivity contribution in [2.45, 2.75) is 50.1 Å². The van der Waals surface area contributed by atoms with E-state index >= 15 is 0 Å². The highest BCUT2D eigenvalue weighted by Crippen LogP contribution is 2.30. The molecule has 0 aromatic carbocycles. The summed E-state index contributed by atoms with van der Waals surface area (Å²) in [6, 6.07) is 2.53. The lowest BCUT2D eigenvalue weighted by atomic mass is 10.1. The second-order valence-corrected chi connectivity index (χ2v) is 9.74. The number of alkyl halides is 3. The van der Waals surface area contributed by atoms with E-state index in [4.69, 9.17) is 9.47 Å². The van der Waals surface area contributed by atoms with Gasteiger partial charge >= 0.3 is 12.3 Å². The molecule has 0 unspecified atom stereocenters. The Morgan fingerprint density at radius 3 is 2.37 bits per heavy atom. The van der Waals surface area contributed by atoms with Crippen molar-refractivity contribution in [1.82, 2.24) is 19.9 Å². The average Bonchev–Trinajstić information content (AvgIpc) is 2.76. The number of ether oxygens (including phenoxy) is 3. The van der Waals surface area contributed by atoms with Crippen molar-refractivity contribution in [2.75, 3.05) is 19.3 Å². The third kappa shape index (κ3) is 6.68. The summed E-state index contributed by atoms with van der Waals surface area (Å²) in [7, 11) is -3.54. The lowest BCUT2D eigenvalue weighted by Gasteiger charge is -2.32. The van der Waals surface area contributed by atoms with Crippen LogP contribution in [0.3, 0.4) is 0 Å². The molecule has 0 bridgehead atoms. The minimum atomic E-state index is -4.66. The number of aromatic nitrogens is 3. The Balaban J connectivity index is 1.62. The molecule has 0 spiro atoms. The summed E-state index contributed by atoms with van der Waals surface area (Å²) in [5.74, 6) is -1.84. The van der Waals surface area contributed by atoms with E-state index < -0.39 is 51.9 Å². The Kier molecular flexibility index (Phi) is 7.67. The number of halogens is 4. The molecule has 0 aliphatic carbocycles. The summed E-state index contributed by atoms with van der Waals surface area (Å²) in [5, 5.41) is -0.169. The molecule has 1 amide bonds. The van der Waals surface area contributed by atoms with Crippen LogP contribution in [0.15, 0.2) is 23.5 Å². The third-order valence-electron chi connectivity index (χ3n) is 5.04. The van der Waals surface area contributed by atoms with Gasteiger partial charge in [-0.1, -0.05) is 0 Å². The van der Waals surface area contributed by atoms with Crippen molar-refractivity contribution in [3.8, 4) is 17.5 Å². The molecule has 2 aromatic heterocycles. The molecular formula is C20H22F4N4O6S. The minimum absolute atomic E-state index is 0.0433. The van der Waals surface area contributed by atoms with Crippen molar-refractivity contribution >= 4 is 15.9 Å². The fourth-order valence-corrected chi connectivity index (χ4v) is 3.66. The van der Waals surface area contributed by atoms with E-state index in [-0.39, 0.29) is 42.4 Å². The van der Waals surface area contributed by atoms with E-state index in [0.29, 0.717) is 0 Å². The van der Waals surface area contributed by atoms with Crippen LogP contribution in [0.1, 0.15) is 25.5 Å². The zero-order valence-corrected chi connectivity index (χ0v) is 19.7. The smallest absolute Gasteiger partial charge is 0.425 e. The van der Waals surface area contributed by atoms with Crippen molar-refractivity contribution in [3.05, 3.63) is 30.0 Å². The second kappa shape index (κ2) is 10.2. The van der Waals surface area contributed by atoms with E-state index in [2.05, 4.69) is 19.7 Å². The standard InChI is InChI=1S/C20H22F4N4O6S/c1-11-14(4-5-15(27-11)35(3,30)31)34-18-16(21)17(25-10-26-18)33-13-6-8-28(9-7-13)19(29)32-12(2)20(22,23)24/h4-5,10,12-13H,6-9H2,1-3H3/t12-/m1/s1. The van der Waals surface area contributed by atoms with Crippen LogP contribution in [0, 0.1) is 12.7 Å². The van der Waals surface area contributed by atoms with Crippen LogP contribution < -0.4 is 9.47 Å². The Labute approximate surface area is 198 Å². The summed E-state index contributed by atoms with van der Waals surface area (Å²) >= 11 is 0. The number of rotatable bonds is 6. The summed E-state index contributed by atoms with van der Waals surface area (Å²) in [6.45, 7) is 2.31. The maximum Gasteiger partial charge on any atom is 0.425 e. The number of hydrogen-bond donors (Lipinski definition) is 0. The first kappa shape index (κ1) is 26.4. The van der Waals surface area contributed by atoms with Crippen LogP contribution in [0.25, 0.3) is 0 Å². The number of piperidine rings is 1. The van der Waals surface area contributed by atoms with Gasteiger partial charge in [0.25, 0.3) is 11.8 Å². The molecule has 192 valence electrons. The van der Waals surface area contributed by atoms with Gasteiger partial charge in [0.1, 0.15) is 12.4 Å². The fourth-order valence-electron chi connectivity index (χ4n) is 3.04. The molecule has 0 saturated carbocycles. The number of pyridine rings is 1. The lowest BCUT2D eigenvalue weighted by molar-refractivity contribution is -0.200. The summed E-state index contributed by atoms with van der Waals surface area (Å²) in [5.41, 5.74) is 0.188. The summed E-state index contributed by atoms with van der Waals surface area (Å²) in [4.78, 5) is 24.4. The van der Waals surface area contributed by atoms with Gasteiger partial charge in [-0.25, -0.2) is 18.2 Å². The van der Waals surface area contributed by atoms with Crippen LogP contribution in [0.5, 0.6) is 17.5 Å². The average molecular weight is 522 g/mol. The molecule has 0 radical (unpaired) electrons. The van der Waals surface area contributed by atoms with E-state index in [0.717, 1.165) is 24.4 Å². The van der Waals surface area contributed by atoms with Gasteiger partial charge in [-0.15, -0.1) is 0 Å². The van der Waals surface area contributed by atoms with Gasteiger partial charge in [0, 0.05) is 32.2 Å². The van der Waals surface area contributed by atoms with Gasteiger partial charge in [0.15, 0.2) is 26.7 Å². The number of amides is 1. The number of aryl methyl sites for hydroxylation is 1. The summed E-state index contributed by atoms with van der Waals surface area (Å²) < 4.78 is 91.2. The highest BCUT2D eigenvalue weighted by molar-refractivity contribution is 7.90. The van der Waals surface area contributed by atoms with Gasteiger partial charge in [-0.05, 0) is 26.0 Å². The molecule has 3 rings (SSSR count). The largest absolute Gasteiger partial charge is 0.472 e. The van der Waals surface area contributed by atoms with E-state index in [1.807, 2.05) is 0 Å². The van der Waals surface area contributed by atoms with Gasteiger partial charge < -0.3 is 19.1 Å². The third-order valence-corrected chi connectivity index (χ3v) is 6.03. The van der Waals surface area contributed by atoms with Crippen LogP contribution in [0.2, 0.25) is 0 Å². The highest BCUT2D eigenvalue weighted by Gasteiger charge is 2.40. The fraction of sp³-hybridized carbons (Fsp3) is 0.500. The van der Waals surface area contributed by atoms with E-state index in [1.54, 1.807) is 0 Å². The first-order valence-corrected chi connectivity index (χ1v) is 12.2. The predicted molar refractivity (Wildman–Crippen MR) is 111 cm³/mol. The van der Waals surface area contributed by atoms with Crippen molar-refractivity contribution < 1.29 is 45.0 Å². The SMILES string of the molecule is Cc1nc(S(C)(=O)=O)ccc1Oc1ncnc(OC2CCN(C(=O)O[C@H](C)C(F)(F)F)CC2)c1F. The number of carbonyl (C=O) groups is 1. The van der Waals surface area contributed by atoms with Crippen molar-refractivity contribution in [2.24, 2.45) is 0 Å². The second-order valence-electron chi connectivity index (χ2n) is 7.78. The van der Waals surface area contributed by atoms with Gasteiger partial charge in [0.2, 0.25) is 5.82 Å². The van der Waals surface area contributed by atoms with Crippen molar-refractivity contribution in [3.63, 3.8) is 0 Å². The van der Waals surface area contributed by atoms with Crippen LogP contribution in [-0.4, -0.2) is 72.1 Å². The molecule has 1 aliphatic heterocycles. The minimum Gasteiger partial charge on any atom is -0.472 e. The Morgan fingerprint density at radius 2 is 1.80 bits per heavy atom. The zero-order chi connectivity index (χ0) is 26.0. The molecule has 1 fully saturated rings. The number of hydrogen-bond acceptors (Lipinski definition) is 9. The number of carbonyl (C=O) groups excluding carboxylic acids is 1. The number of sulfone groups is 1. The van der Waals surface area contributed by atoms with E-state index in [9.17, 15) is 30.8 Å². The maximum absolute atomic E-state index is 14.9. The quantitative estimate of drug-likeness (QED) is 0.525. The van der Waals surface area contributed by atoms with Crippen LogP contribution in [0.4, 0.5) is 22.4 Å². The normalized spacial score (nSPS) is 16.0. The maximum atomic E-state index is 14.9. The van der Waals surface area contributed by atoms with Crippen LogP contribution in [-0.2, 0) is 14.6 Å². The molecule has 1 atom stereocenters. The molecule has 10 nitrogen and oxygen atoms in total. The molecular weight excluding hydrogens is 500 g/mol. The Bertz CT molecular complexity index is 1190. The first-order valence-electron chi connectivity index (χ1n) is 10.3. The molecule has 15 heteroatoms. The molecule has 3 heterocycles. The van der Waals surface area contributed by atoms with Gasteiger partial charge in [-0.3, -0.25) is 0 Å². The Hall–Kier alpha value is -3.23. The first-order chi connectivity index (χ1) is 16.3. The number of likely N-dealkylation sites (tertiary alicyclic amines) is 1. The number of nitrogens with zero attached hydrogens (tertiary/aromatic N) is 4. The van der Waals surface area contributed by atoms with Crippen molar-refractivity contribution in [1.29, 1.82) is 0 Å². The monoisotopic (exact) mass is 522 g/mol. The van der Waals surface area contributed by atoms with Gasteiger partial charge in [0.05, 0.1) is 5.69 Å². The lowest BCUT2D eigenvalue weighted by Crippen LogP contribution is -2.44. The molecule has 35 heavy (non-hydrogen) atoms. The Morgan fingerprint density at radius 1 is 1.17 bits per heavy atom. The van der Waals surface area contributed by atoms with Crippen LogP contribution >= 0.6 is 0 Å². The predicted octanol–water partition coefficient (Wildman–Crippen LogP) is 3.45. The highest BCUT2D eigenvalue weighted by atomic mass is 32.2. The van der Waals surface area contributed by atoms with Gasteiger partial charge in [-0.2, -0.15) is 27.5 Å². The molecule has 0 N–H and O–H groups in total.